The maximum absolute atomic E-state index is 12.2. The highest BCUT2D eigenvalue weighted by Gasteiger charge is 2.53. The molecular weight excluding hydrogens is 304 g/mol. The van der Waals surface area contributed by atoms with Crippen molar-refractivity contribution in [1.29, 1.82) is 0 Å². The Kier molecular flexibility index (Phi) is 4.89. The summed E-state index contributed by atoms with van der Waals surface area (Å²) in [6.45, 7) is 10.2. The molecule has 6 atom stereocenters. The number of hydrogen-bond donors (Lipinski definition) is 1. The lowest BCUT2D eigenvalue weighted by atomic mass is 9.73. The topological polar surface area (TPSA) is 55.8 Å². The minimum Gasteiger partial charge on any atom is -0.456 e. The van der Waals surface area contributed by atoms with Crippen LogP contribution in [0.1, 0.15) is 59.3 Å². The van der Waals surface area contributed by atoms with Crippen molar-refractivity contribution in [2.24, 2.45) is 11.8 Å². The normalized spacial score (nSPS) is 46.2. The molecule has 0 saturated carbocycles. The van der Waals surface area contributed by atoms with Crippen LogP contribution in [0, 0.1) is 11.8 Å². The van der Waals surface area contributed by atoms with Gasteiger partial charge in [0, 0.05) is 11.5 Å². The zero-order chi connectivity index (χ0) is 17.5. The van der Waals surface area contributed by atoms with Crippen LogP contribution >= 0.6 is 0 Å². The molecule has 0 aromatic rings. The van der Waals surface area contributed by atoms with Crippen LogP contribution in [0.3, 0.4) is 0 Å². The Hall–Kier alpha value is -1.13. The molecule has 3 heterocycles. The van der Waals surface area contributed by atoms with Gasteiger partial charge in [-0.05, 0) is 58.3 Å². The molecule has 24 heavy (non-hydrogen) atoms. The van der Waals surface area contributed by atoms with Crippen molar-refractivity contribution in [3.05, 3.63) is 23.8 Å². The maximum Gasteiger partial charge on any atom is 0.334 e. The predicted molar refractivity (Wildman–Crippen MR) is 92.4 cm³/mol. The molecule has 2 saturated heterocycles. The van der Waals surface area contributed by atoms with Crippen LogP contribution in [0.5, 0.6) is 0 Å². The van der Waals surface area contributed by atoms with Crippen molar-refractivity contribution in [3.63, 3.8) is 0 Å². The molecule has 3 aliphatic heterocycles. The van der Waals surface area contributed by atoms with Gasteiger partial charge in [0.15, 0.2) is 0 Å². The summed E-state index contributed by atoms with van der Waals surface area (Å²) in [5.41, 5.74) is 1.24. The number of hydrogen-bond acceptors (Lipinski definition) is 4. The summed E-state index contributed by atoms with van der Waals surface area (Å²) in [5.74, 6) is -0.223. The van der Waals surface area contributed by atoms with Crippen molar-refractivity contribution < 1.29 is 19.4 Å². The highest BCUT2D eigenvalue weighted by Crippen LogP contribution is 2.45. The summed E-state index contributed by atoms with van der Waals surface area (Å²) in [6.07, 6.45) is 6.62. The van der Waals surface area contributed by atoms with E-state index >= 15 is 0 Å². The molecular formula is C20H30O4. The van der Waals surface area contributed by atoms with Crippen LogP contribution in [-0.4, -0.2) is 35.0 Å². The lowest BCUT2D eigenvalue weighted by Gasteiger charge is -2.51. The monoisotopic (exact) mass is 334 g/mol. The van der Waals surface area contributed by atoms with Gasteiger partial charge in [-0.3, -0.25) is 0 Å². The van der Waals surface area contributed by atoms with Gasteiger partial charge < -0.3 is 14.6 Å². The molecule has 0 spiro atoms. The first kappa shape index (κ1) is 17.7. The second-order valence-electron chi connectivity index (χ2n) is 8.11. The first-order valence-electron chi connectivity index (χ1n) is 9.23. The van der Waals surface area contributed by atoms with Gasteiger partial charge in [-0.1, -0.05) is 25.2 Å². The van der Waals surface area contributed by atoms with E-state index in [1.54, 1.807) is 0 Å². The Morgan fingerprint density at radius 2 is 2.12 bits per heavy atom. The predicted octanol–water partition coefficient (Wildman–Crippen LogP) is 3.54. The number of fused-ring (bicyclic) bond motifs is 1. The summed E-state index contributed by atoms with van der Waals surface area (Å²) in [4.78, 5) is 12.2. The zero-order valence-corrected chi connectivity index (χ0v) is 15.1. The number of allylic oxidation sites excluding steroid dienone is 2. The van der Waals surface area contributed by atoms with Crippen molar-refractivity contribution in [1.82, 2.24) is 0 Å². The van der Waals surface area contributed by atoms with Crippen molar-refractivity contribution in [2.45, 2.75) is 83.2 Å². The van der Waals surface area contributed by atoms with Crippen molar-refractivity contribution in [2.75, 3.05) is 0 Å². The molecule has 0 aromatic carbocycles. The standard InChI is InChI=1S/C20H30O4/c1-12-7-5-9-13(2)17-18-15(14(3)19(22)23-17)11-16(21)20(4,24-18)10-6-8-12/h8,13,15-18,21H,3,5-7,9-11H2,1-2,4H3/b12-8+/t13-,15-,16+,17-,18+,20-/m0/s1. The van der Waals surface area contributed by atoms with Crippen LogP contribution in [0.15, 0.2) is 23.8 Å². The largest absolute Gasteiger partial charge is 0.456 e. The molecule has 1 N–H and O–H groups in total. The lowest BCUT2D eigenvalue weighted by Crippen LogP contribution is -2.60. The summed E-state index contributed by atoms with van der Waals surface area (Å²) in [6, 6.07) is 0. The first-order chi connectivity index (χ1) is 11.3. The Balaban J connectivity index is 1.94. The fraction of sp³-hybridized carbons (Fsp3) is 0.750. The van der Waals surface area contributed by atoms with Crippen LogP contribution < -0.4 is 0 Å². The van der Waals surface area contributed by atoms with E-state index in [9.17, 15) is 9.90 Å². The molecule has 0 aromatic heterocycles. The average Bonchev–Trinajstić information content (AvgIpc) is 2.52. The number of carbonyl (C=O) groups excluding carboxylic acids is 1. The summed E-state index contributed by atoms with van der Waals surface area (Å²) < 4.78 is 12.2. The van der Waals surface area contributed by atoms with E-state index in [0.29, 0.717) is 12.0 Å². The number of aliphatic hydroxyl groups is 1. The van der Waals surface area contributed by atoms with E-state index in [-0.39, 0.29) is 30.0 Å². The molecule has 0 unspecified atom stereocenters. The van der Waals surface area contributed by atoms with Crippen LogP contribution in [0.2, 0.25) is 0 Å². The molecule has 3 rings (SSSR count). The molecule has 2 bridgehead atoms. The second-order valence-corrected chi connectivity index (χ2v) is 8.11. The van der Waals surface area contributed by atoms with Gasteiger partial charge >= 0.3 is 5.97 Å². The Bertz CT molecular complexity index is 552. The van der Waals surface area contributed by atoms with Crippen molar-refractivity contribution in [3.8, 4) is 0 Å². The highest BCUT2D eigenvalue weighted by atomic mass is 16.6. The van der Waals surface area contributed by atoms with Gasteiger partial charge in [-0.2, -0.15) is 0 Å². The second kappa shape index (κ2) is 6.64. The lowest BCUT2D eigenvalue weighted by molar-refractivity contribution is -0.244. The Morgan fingerprint density at radius 3 is 2.88 bits per heavy atom. The summed E-state index contributed by atoms with van der Waals surface area (Å²) in [5, 5.41) is 10.7. The van der Waals surface area contributed by atoms with E-state index in [1.165, 1.54) is 5.57 Å². The van der Waals surface area contributed by atoms with E-state index in [1.807, 2.05) is 6.92 Å². The minimum atomic E-state index is -0.598. The van der Waals surface area contributed by atoms with Gasteiger partial charge in [0.1, 0.15) is 12.2 Å². The fourth-order valence-electron chi connectivity index (χ4n) is 4.39. The van der Waals surface area contributed by atoms with Gasteiger partial charge in [0.25, 0.3) is 0 Å². The molecule has 0 amide bonds. The summed E-state index contributed by atoms with van der Waals surface area (Å²) in [7, 11) is 0. The highest BCUT2D eigenvalue weighted by molar-refractivity contribution is 5.89. The molecule has 134 valence electrons. The third kappa shape index (κ3) is 3.18. The number of rotatable bonds is 0. The molecule has 4 nitrogen and oxygen atoms in total. The summed E-state index contributed by atoms with van der Waals surface area (Å²) >= 11 is 0. The molecule has 0 radical (unpaired) electrons. The Morgan fingerprint density at radius 1 is 1.38 bits per heavy atom. The van der Waals surface area contributed by atoms with Crippen LogP contribution in [0.4, 0.5) is 0 Å². The minimum absolute atomic E-state index is 0.137. The Labute approximate surface area is 144 Å². The molecule has 4 heteroatoms. The van der Waals surface area contributed by atoms with Gasteiger partial charge in [-0.25, -0.2) is 4.79 Å². The molecule has 0 aliphatic carbocycles. The number of esters is 1. The van der Waals surface area contributed by atoms with E-state index < -0.39 is 11.7 Å². The van der Waals surface area contributed by atoms with E-state index in [4.69, 9.17) is 9.47 Å². The number of aliphatic hydroxyl groups excluding tert-OH is 1. The van der Waals surface area contributed by atoms with Gasteiger partial charge in [0.05, 0.1) is 11.7 Å². The third-order valence-electron chi connectivity index (χ3n) is 6.19. The maximum atomic E-state index is 12.2. The third-order valence-corrected chi connectivity index (χ3v) is 6.19. The number of ether oxygens (including phenoxy) is 2. The van der Waals surface area contributed by atoms with Crippen molar-refractivity contribution >= 4 is 5.97 Å². The van der Waals surface area contributed by atoms with Gasteiger partial charge in [0.2, 0.25) is 0 Å². The van der Waals surface area contributed by atoms with Gasteiger partial charge in [-0.15, -0.1) is 0 Å². The van der Waals surface area contributed by atoms with Crippen LogP contribution in [-0.2, 0) is 14.3 Å². The number of carbonyl (C=O) groups is 1. The quantitative estimate of drug-likeness (QED) is 0.418. The fourth-order valence-corrected chi connectivity index (χ4v) is 4.39. The van der Waals surface area contributed by atoms with Crippen LogP contribution in [0.25, 0.3) is 0 Å². The first-order valence-corrected chi connectivity index (χ1v) is 9.23. The van der Waals surface area contributed by atoms with E-state index in [2.05, 4.69) is 26.5 Å². The molecule has 2 fully saturated rings. The zero-order valence-electron chi connectivity index (χ0n) is 15.1. The SMILES string of the molecule is C=C1C(=O)O[C@@H]2[C@@H]3O[C@@](C)(CC/C=C(\C)CCC[C@@H]2C)[C@H](O)C[C@@H]13. The molecule has 3 aliphatic rings. The van der Waals surface area contributed by atoms with E-state index in [0.717, 1.165) is 32.1 Å². The average molecular weight is 334 g/mol. The smallest absolute Gasteiger partial charge is 0.334 e.